The highest BCUT2D eigenvalue weighted by atomic mass is 35.5. The van der Waals surface area contributed by atoms with E-state index < -0.39 is 11.9 Å². The molecule has 6 nitrogen and oxygen atoms in total. The predicted octanol–water partition coefficient (Wildman–Crippen LogP) is 5.61. The van der Waals surface area contributed by atoms with Gasteiger partial charge in [-0.1, -0.05) is 28.8 Å². The van der Waals surface area contributed by atoms with E-state index in [4.69, 9.17) is 33.0 Å². The summed E-state index contributed by atoms with van der Waals surface area (Å²) in [4.78, 5) is 17.1. The molecule has 2 aromatic heterocycles. The van der Waals surface area contributed by atoms with Gasteiger partial charge in [0.1, 0.15) is 5.65 Å². The predicted molar refractivity (Wildman–Crippen MR) is 114 cm³/mol. The number of hydrogen-bond acceptors (Lipinski definition) is 3. The number of ether oxygens (including phenoxy) is 1. The molecule has 9 heteroatoms. The number of fused-ring (bicyclic) bond motifs is 1. The molecule has 156 valence electrons. The summed E-state index contributed by atoms with van der Waals surface area (Å²) in [7, 11) is 1.38. The van der Waals surface area contributed by atoms with Crippen LogP contribution in [0.15, 0.2) is 36.2 Å². The number of carbonyl (C=O) groups is 1. The van der Waals surface area contributed by atoms with Gasteiger partial charge in [-0.2, -0.15) is 0 Å². The van der Waals surface area contributed by atoms with Crippen molar-refractivity contribution in [2.24, 2.45) is 0 Å². The van der Waals surface area contributed by atoms with Crippen LogP contribution < -0.4 is 4.74 Å². The van der Waals surface area contributed by atoms with Gasteiger partial charge in [-0.05, 0) is 42.7 Å². The van der Waals surface area contributed by atoms with E-state index in [2.05, 4.69) is 4.98 Å². The average Bonchev–Trinajstić information content (AvgIpc) is 3.12. The van der Waals surface area contributed by atoms with Gasteiger partial charge >= 0.3 is 6.09 Å². The number of nitrogens with zero attached hydrogens (tertiary/aromatic N) is 3. The molecule has 0 atom stereocenters. The summed E-state index contributed by atoms with van der Waals surface area (Å²) in [5, 5.41) is 9.37. The van der Waals surface area contributed by atoms with Crippen molar-refractivity contribution in [2.45, 2.75) is 12.8 Å². The lowest BCUT2D eigenvalue weighted by Crippen LogP contribution is -2.35. The Labute approximate surface area is 182 Å². The first-order chi connectivity index (χ1) is 14.4. The van der Waals surface area contributed by atoms with E-state index in [0.29, 0.717) is 42.7 Å². The van der Waals surface area contributed by atoms with Crippen molar-refractivity contribution in [3.63, 3.8) is 0 Å². The Morgan fingerprint density at radius 2 is 2.03 bits per heavy atom. The summed E-state index contributed by atoms with van der Waals surface area (Å²) >= 11 is 12.4. The molecular formula is C21H18Cl2FN3O3. The number of amides is 1. The molecule has 0 spiro atoms. The van der Waals surface area contributed by atoms with E-state index >= 15 is 0 Å². The van der Waals surface area contributed by atoms with Crippen molar-refractivity contribution in [3.05, 3.63) is 57.7 Å². The Bertz CT molecular complexity index is 1170. The number of aromatic nitrogens is 2. The van der Waals surface area contributed by atoms with Gasteiger partial charge in [0.2, 0.25) is 0 Å². The first-order valence-corrected chi connectivity index (χ1v) is 10.0. The van der Waals surface area contributed by atoms with Gasteiger partial charge in [-0.25, -0.2) is 14.2 Å². The normalized spacial score (nSPS) is 14.3. The minimum absolute atomic E-state index is 0.0211. The van der Waals surface area contributed by atoms with Gasteiger partial charge in [-0.15, -0.1) is 0 Å². The number of imidazole rings is 1. The average molecular weight is 450 g/mol. The number of benzene rings is 1. The first kappa shape index (κ1) is 20.5. The highest BCUT2D eigenvalue weighted by Gasteiger charge is 2.20. The van der Waals surface area contributed by atoms with Gasteiger partial charge < -0.3 is 19.1 Å². The third kappa shape index (κ3) is 3.82. The lowest BCUT2D eigenvalue weighted by atomic mass is 10.0. The van der Waals surface area contributed by atoms with Gasteiger partial charge in [0.15, 0.2) is 11.6 Å². The number of rotatable bonds is 3. The topological polar surface area (TPSA) is 67.1 Å². The molecule has 0 radical (unpaired) electrons. The van der Waals surface area contributed by atoms with Crippen LogP contribution in [-0.4, -0.2) is 45.7 Å². The van der Waals surface area contributed by atoms with Crippen LogP contribution in [0.25, 0.3) is 22.9 Å². The van der Waals surface area contributed by atoms with E-state index in [9.17, 15) is 9.18 Å². The Balaban J connectivity index is 1.68. The summed E-state index contributed by atoms with van der Waals surface area (Å²) in [5.41, 5.74) is 3.57. The van der Waals surface area contributed by atoms with E-state index in [0.717, 1.165) is 17.3 Å². The summed E-state index contributed by atoms with van der Waals surface area (Å²) in [5.74, 6) is -0.573. The Hall–Kier alpha value is -2.77. The van der Waals surface area contributed by atoms with Crippen LogP contribution in [0.5, 0.6) is 5.75 Å². The zero-order valence-corrected chi connectivity index (χ0v) is 17.5. The third-order valence-electron chi connectivity index (χ3n) is 5.13. The molecule has 4 rings (SSSR count). The Morgan fingerprint density at radius 1 is 1.30 bits per heavy atom. The van der Waals surface area contributed by atoms with Crippen LogP contribution in [0.2, 0.25) is 10.0 Å². The molecule has 1 aliphatic rings. The fourth-order valence-corrected chi connectivity index (χ4v) is 4.04. The van der Waals surface area contributed by atoms with Crippen LogP contribution in [0.3, 0.4) is 0 Å². The molecule has 0 saturated carbocycles. The lowest BCUT2D eigenvalue weighted by molar-refractivity contribution is 0.142. The van der Waals surface area contributed by atoms with E-state index in [1.165, 1.54) is 12.0 Å². The van der Waals surface area contributed by atoms with Gasteiger partial charge in [0.25, 0.3) is 0 Å². The molecule has 1 saturated heterocycles. The van der Waals surface area contributed by atoms with Crippen molar-refractivity contribution in [2.75, 3.05) is 20.2 Å². The maximum atomic E-state index is 14.3. The molecule has 0 bridgehead atoms. The number of hydrogen-bond donors (Lipinski definition) is 1. The van der Waals surface area contributed by atoms with Gasteiger partial charge in [-0.3, -0.25) is 0 Å². The molecule has 30 heavy (non-hydrogen) atoms. The van der Waals surface area contributed by atoms with Crippen molar-refractivity contribution >= 4 is 41.0 Å². The SMILES string of the molecule is COc1c(F)cc(Cl)c(Cl)c1-c1ccn2cc(C=C3CCN(C(=O)O)CC3)nc2c1. The van der Waals surface area contributed by atoms with Crippen molar-refractivity contribution in [1.82, 2.24) is 14.3 Å². The number of halogens is 3. The molecular weight excluding hydrogens is 432 g/mol. The second-order valence-corrected chi connectivity index (χ2v) is 7.77. The number of piperidine rings is 1. The second-order valence-electron chi connectivity index (χ2n) is 6.98. The smallest absolute Gasteiger partial charge is 0.407 e. The zero-order chi connectivity index (χ0) is 21.4. The molecule has 1 aliphatic heterocycles. The van der Waals surface area contributed by atoms with Crippen LogP contribution in [0.4, 0.5) is 9.18 Å². The van der Waals surface area contributed by atoms with E-state index in [1.807, 2.05) is 16.7 Å². The third-order valence-corrected chi connectivity index (χ3v) is 5.91. The number of pyridine rings is 1. The molecule has 3 heterocycles. The van der Waals surface area contributed by atoms with Crippen LogP contribution in [-0.2, 0) is 0 Å². The lowest BCUT2D eigenvalue weighted by Gasteiger charge is -2.25. The largest absolute Gasteiger partial charge is 0.493 e. The van der Waals surface area contributed by atoms with Gasteiger partial charge in [0, 0.05) is 31.0 Å². The van der Waals surface area contributed by atoms with Crippen molar-refractivity contribution < 1.29 is 19.0 Å². The number of likely N-dealkylation sites (tertiary alicyclic amines) is 1. The number of carboxylic acid groups (broad SMARTS) is 1. The molecule has 1 amide bonds. The summed E-state index contributed by atoms with van der Waals surface area (Å²) in [6, 6.07) is 4.70. The molecule has 3 aromatic rings. The summed E-state index contributed by atoms with van der Waals surface area (Å²) < 4.78 is 21.4. The fourth-order valence-electron chi connectivity index (χ4n) is 3.60. The standard InChI is InChI=1S/C21H18Cl2FN3O3/c1-30-20-16(24)10-15(22)19(23)18(20)13-4-7-27-11-14(25-17(27)9-13)8-12-2-5-26(6-3-12)21(28)29/h4,7-11H,2-3,5-6H2,1H3,(H,28,29). The zero-order valence-electron chi connectivity index (χ0n) is 16.0. The van der Waals surface area contributed by atoms with Crippen LogP contribution >= 0.6 is 23.2 Å². The molecule has 0 aliphatic carbocycles. The monoisotopic (exact) mass is 449 g/mol. The molecule has 1 N–H and O–H groups in total. The quantitative estimate of drug-likeness (QED) is 0.527. The van der Waals surface area contributed by atoms with Crippen molar-refractivity contribution in [1.29, 1.82) is 0 Å². The highest BCUT2D eigenvalue weighted by molar-refractivity contribution is 6.44. The van der Waals surface area contributed by atoms with E-state index in [-0.39, 0.29) is 15.8 Å². The molecule has 0 unspecified atom stereocenters. The maximum absolute atomic E-state index is 14.3. The fraction of sp³-hybridized carbons (Fsp3) is 0.238. The van der Waals surface area contributed by atoms with Crippen LogP contribution in [0.1, 0.15) is 18.5 Å². The minimum atomic E-state index is -0.888. The second kappa shape index (κ2) is 8.16. The summed E-state index contributed by atoms with van der Waals surface area (Å²) in [6.07, 6.45) is 6.15. The Kier molecular flexibility index (Phi) is 5.58. The highest BCUT2D eigenvalue weighted by Crippen LogP contribution is 2.42. The molecule has 1 fully saturated rings. The Morgan fingerprint density at radius 3 is 2.70 bits per heavy atom. The maximum Gasteiger partial charge on any atom is 0.407 e. The van der Waals surface area contributed by atoms with E-state index in [1.54, 1.807) is 18.3 Å². The van der Waals surface area contributed by atoms with Crippen LogP contribution in [0, 0.1) is 5.82 Å². The molecule has 1 aromatic carbocycles. The number of methoxy groups -OCH3 is 1. The first-order valence-electron chi connectivity index (χ1n) is 9.25. The van der Waals surface area contributed by atoms with Crippen molar-refractivity contribution in [3.8, 4) is 16.9 Å². The summed E-state index contributed by atoms with van der Waals surface area (Å²) in [6.45, 7) is 0.967. The minimum Gasteiger partial charge on any atom is -0.493 e. The van der Waals surface area contributed by atoms with Gasteiger partial charge in [0.05, 0.1) is 22.8 Å².